The minimum absolute atomic E-state index is 0.249. The number of carbonyl (C=O) groups is 2. The number of rotatable bonds is 5. The van der Waals surface area contributed by atoms with Crippen LogP contribution >= 0.6 is 0 Å². The van der Waals surface area contributed by atoms with Crippen LogP contribution in [-0.2, 0) is 9.59 Å². The lowest BCUT2D eigenvalue weighted by atomic mass is 9.65. The van der Waals surface area contributed by atoms with Crippen molar-refractivity contribution in [2.75, 3.05) is 26.7 Å². The second-order valence-corrected chi connectivity index (χ2v) is 7.96. The van der Waals surface area contributed by atoms with Crippen LogP contribution in [0, 0.1) is 11.3 Å². The highest BCUT2D eigenvalue weighted by Crippen LogP contribution is 2.48. The van der Waals surface area contributed by atoms with E-state index in [4.69, 9.17) is 0 Å². The maximum atomic E-state index is 12.4. The molecule has 1 aliphatic heterocycles. The van der Waals surface area contributed by atoms with Crippen LogP contribution in [0.3, 0.4) is 0 Å². The fourth-order valence-corrected chi connectivity index (χ4v) is 3.73. The van der Waals surface area contributed by atoms with Gasteiger partial charge in [-0.2, -0.15) is 0 Å². The highest BCUT2D eigenvalue weighted by atomic mass is 16.2. The Hall–Kier alpha value is -1.10. The first-order valence-electron chi connectivity index (χ1n) is 8.67. The fourth-order valence-electron chi connectivity index (χ4n) is 3.73. The molecule has 22 heavy (non-hydrogen) atoms. The van der Waals surface area contributed by atoms with E-state index in [1.54, 1.807) is 0 Å². The van der Waals surface area contributed by atoms with Crippen LogP contribution in [0.5, 0.6) is 0 Å². The van der Waals surface area contributed by atoms with Crippen molar-refractivity contribution in [3.63, 3.8) is 0 Å². The molecular weight excluding hydrogens is 278 g/mol. The van der Waals surface area contributed by atoms with Crippen molar-refractivity contribution in [2.24, 2.45) is 11.3 Å². The second kappa shape index (κ2) is 5.84. The maximum Gasteiger partial charge on any atom is 0.236 e. The molecule has 0 aromatic carbocycles. The Morgan fingerprint density at radius 2 is 2.00 bits per heavy atom. The molecular formula is C17H29N3O2. The zero-order valence-electron chi connectivity index (χ0n) is 14.1. The molecule has 0 bridgehead atoms. The molecule has 0 aromatic rings. The third-order valence-electron chi connectivity index (χ3n) is 5.71. The molecule has 2 aliphatic carbocycles. The van der Waals surface area contributed by atoms with E-state index in [1.165, 1.54) is 0 Å². The van der Waals surface area contributed by atoms with Crippen molar-refractivity contribution in [2.45, 2.75) is 58.0 Å². The predicted octanol–water partition coefficient (Wildman–Crippen LogP) is 1.23. The molecule has 3 fully saturated rings. The van der Waals surface area contributed by atoms with E-state index in [-0.39, 0.29) is 17.2 Å². The molecule has 0 unspecified atom stereocenters. The number of likely N-dealkylation sites (N-methyl/N-ethyl adjacent to an activating group) is 1. The van der Waals surface area contributed by atoms with Crippen molar-refractivity contribution in [1.82, 2.24) is 15.1 Å². The van der Waals surface area contributed by atoms with Crippen LogP contribution in [0.15, 0.2) is 0 Å². The lowest BCUT2D eigenvalue weighted by molar-refractivity contribution is -0.132. The summed E-state index contributed by atoms with van der Waals surface area (Å²) in [5.41, 5.74) is 0.285. The summed E-state index contributed by atoms with van der Waals surface area (Å²) in [5, 5.41) is 3.17. The van der Waals surface area contributed by atoms with Gasteiger partial charge in [-0.05, 0) is 58.4 Å². The largest absolute Gasteiger partial charge is 0.353 e. The SMILES string of the molecule is CC(C)N(C)CC(=O)N1CCC2(CC(NC(=O)C3CC3)C2)C1. The van der Waals surface area contributed by atoms with Crippen LogP contribution in [0.4, 0.5) is 0 Å². The Morgan fingerprint density at radius 1 is 1.32 bits per heavy atom. The molecule has 0 aromatic heterocycles. The summed E-state index contributed by atoms with van der Waals surface area (Å²) in [5.74, 6) is 0.799. The van der Waals surface area contributed by atoms with E-state index in [0.29, 0.717) is 24.5 Å². The zero-order valence-corrected chi connectivity index (χ0v) is 14.1. The predicted molar refractivity (Wildman–Crippen MR) is 85.3 cm³/mol. The number of carbonyl (C=O) groups excluding carboxylic acids is 2. The van der Waals surface area contributed by atoms with Crippen LogP contribution in [-0.4, -0.2) is 60.4 Å². The van der Waals surface area contributed by atoms with Crippen molar-refractivity contribution in [3.8, 4) is 0 Å². The first-order chi connectivity index (χ1) is 10.4. The van der Waals surface area contributed by atoms with E-state index in [9.17, 15) is 9.59 Å². The number of nitrogens with zero attached hydrogens (tertiary/aromatic N) is 2. The molecule has 5 nitrogen and oxygen atoms in total. The summed E-state index contributed by atoms with van der Waals surface area (Å²) in [6.45, 7) is 6.49. The molecule has 0 radical (unpaired) electrons. The van der Waals surface area contributed by atoms with E-state index >= 15 is 0 Å². The molecule has 2 amide bonds. The number of nitrogens with one attached hydrogen (secondary N) is 1. The average Bonchev–Trinajstić information content (AvgIpc) is 3.17. The van der Waals surface area contributed by atoms with Gasteiger partial charge < -0.3 is 10.2 Å². The number of likely N-dealkylation sites (tertiary alicyclic amines) is 1. The summed E-state index contributed by atoms with van der Waals surface area (Å²) in [7, 11) is 2.00. The summed E-state index contributed by atoms with van der Waals surface area (Å²) in [6, 6.07) is 0.743. The van der Waals surface area contributed by atoms with Gasteiger partial charge in [0, 0.05) is 31.1 Å². The third-order valence-corrected chi connectivity index (χ3v) is 5.71. The summed E-state index contributed by atoms with van der Waals surface area (Å²) in [4.78, 5) is 28.3. The normalized spacial score (nSPS) is 31.0. The van der Waals surface area contributed by atoms with Gasteiger partial charge in [0.15, 0.2) is 0 Å². The first kappa shape index (κ1) is 15.8. The van der Waals surface area contributed by atoms with Gasteiger partial charge in [0.05, 0.1) is 6.54 Å². The number of amides is 2. The average molecular weight is 307 g/mol. The molecule has 2 saturated carbocycles. The molecule has 1 spiro atoms. The summed E-state index contributed by atoms with van der Waals surface area (Å²) < 4.78 is 0. The molecule has 5 heteroatoms. The number of hydrogen-bond acceptors (Lipinski definition) is 3. The lowest BCUT2D eigenvalue weighted by Crippen LogP contribution is -2.52. The van der Waals surface area contributed by atoms with Crippen molar-refractivity contribution in [3.05, 3.63) is 0 Å². The third kappa shape index (κ3) is 3.29. The van der Waals surface area contributed by atoms with Crippen LogP contribution in [0.2, 0.25) is 0 Å². The Balaban J connectivity index is 1.43. The Bertz CT molecular complexity index is 453. The Labute approximate surface area is 133 Å². The second-order valence-electron chi connectivity index (χ2n) is 7.96. The van der Waals surface area contributed by atoms with Gasteiger partial charge in [0.2, 0.25) is 11.8 Å². The number of hydrogen-bond donors (Lipinski definition) is 1. The Kier molecular flexibility index (Phi) is 4.19. The van der Waals surface area contributed by atoms with E-state index < -0.39 is 0 Å². The lowest BCUT2D eigenvalue weighted by Gasteiger charge is -2.45. The fraction of sp³-hybridized carbons (Fsp3) is 0.882. The quantitative estimate of drug-likeness (QED) is 0.831. The van der Waals surface area contributed by atoms with Gasteiger partial charge in [-0.15, -0.1) is 0 Å². The topological polar surface area (TPSA) is 52.7 Å². The molecule has 3 rings (SSSR count). The molecule has 0 atom stereocenters. The minimum Gasteiger partial charge on any atom is -0.353 e. The summed E-state index contributed by atoms with van der Waals surface area (Å²) in [6.07, 6.45) is 5.33. The van der Waals surface area contributed by atoms with Gasteiger partial charge in [-0.3, -0.25) is 14.5 Å². The van der Waals surface area contributed by atoms with Crippen LogP contribution in [0.1, 0.15) is 46.0 Å². The highest BCUT2D eigenvalue weighted by molar-refractivity contribution is 5.81. The summed E-state index contributed by atoms with van der Waals surface area (Å²) >= 11 is 0. The van der Waals surface area contributed by atoms with E-state index in [0.717, 1.165) is 45.2 Å². The molecule has 1 heterocycles. The van der Waals surface area contributed by atoms with Gasteiger partial charge in [-0.25, -0.2) is 0 Å². The molecule has 1 saturated heterocycles. The van der Waals surface area contributed by atoms with Crippen LogP contribution < -0.4 is 5.32 Å². The molecule has 3 aliphatic rings. The van der Waals surface area contributed by atoms with E-state index in [1.807, 2.05) is 11.9 Å². The standard InChI is InChI=1S/C17H29N3O2/c1-12(2)19(3)10-15(21)20-7-6-17(11-20)8-14(9-17)18-16(22)13-4-5-13/h12-14H,4-11H2,1-3H3,(H,18,22). The smallest absolute Gasteiger partial charge is 0.236 e. The van der Waals surface area contributed by atoms with Crippen molar-refractivity contribution < 1.29 is 9.59 Å². The Morgan fingerprint density at radius 3 is 2.59 bits per heavy atom. The van der Waals surface area contributed by atoms with Crippen LogP contribution in [0.25, 0.3) is 0 Å². The molecule has 124 valence electrons. The first-order valence-corrected chi connectivity index (χ1v) is 8.67. The van der Waals surface area contributed by atoms with Gasteiger partial charge >= 0.3 is 0 Å². The minimum atomic E-state index is 0.249. The van der Waals surface area contributed by atoms with Crippen molar-refractivity contribution >= 4 is 11.8 Å². The maximum absolute atomic E-state index is 12.4. The van der Waals surface area contributed by atoms with E-state index in [2.05, 4.69) is 24.1 Å². The van der Waals surface area contributed by atoms with Gasteiger partial charge in [0.1, 0.15) is 0 Å². The van der Waals surface area contributed by atoms with Gasteiger partial charge in [-0.1, -0.05) is 0 Å². The highest BCUT2D eigenvalue weighted by Gasteiger charge is 2.50. The monoisotopic (exact) mass is 307 g/mol. The molecule has 1 N–H and O–H groups in total. The van der Waals surface area contributed by atoms with Crippen molar-refractivity contribution in [1.29, 1.82) is 0 Å². The van der Waals surface area contributed by atoms with Gasteiger partial charge in [0.25, 0.3) is 0 Å². The zero-order chi connectivity index (χ0) is 15.9.